The zero-order chi connectivity index (χ0) is 13.3. The molecular formula is C13H12ClNO3. The van der Waals surface area contributed by atoms with Crippen LogP contribution in [0.25, 0.3) is 10.9 Å². The second-order valence-corrected chi connectivity index (χ2v) is 4.20. The van der Waals surface area contributed by atoms with Crippen LogP contribution in [-0.4, -0.2) is 25.2 Å². The summed E-state index contributed by atoms with van der Waals surface area (Å²) in [5, 5.41) is 1.24. The molecule has 1 aromatic carbocycles. The molecule has 5 heteroatoms. The third-order valence-electron chi connectivity index (χ3n) is 2.70. The minimum Gasteiger partial charge on any atom is -0.494 e. The van der Waals surface area contributed by atoms with Gasteiger partial charge in [0.2, 0.25) is 0 Å². The lowest BCUT2D eigenvalue weighted by Crippen LogP contribution is -2.05. The fourth-order valence-electron chi connectivity index (χ4n) is 1.80. The first-order valence-electron chi connectivity index (χ1n) is 5.30. The molecule has 0 N–H and O–H groups in total. The fraction of sp³-hybridized carbons (Fsp3) is 0.231. The van der Waals surface area contributed by atoms with Gasteiger partial charge in [0, 0.05) is 5.39 Å². The maximum Gasteiger partial charge on any atom is 0.356 e. The Labute approximate surface area is 109 Å². The normalized spacial score (nSPS) is 10.4. The highest BCUT2D eigenvalue weighted by atomic mass is 35.5. The van der Waals surface area contributed by atoms with Crippen molar-refractivity contribution in [2.75, 3.05) is 14.2 Å². The van der Waals surface area contributed by atoms with Crippen LogP contribution in [0.1, 0.15) is 16.1 Å². The lowest BCUT2D eigenvalue weighted by atomic mass is 10.1. The molecule has 0 unspecified atom stereocenters. The SMILES string of the molecule is COC(=O)c1cc(Cl)c2c(C)ccc(OC)c2n1. The van der Waals surface area contributed by atoms with Crippen molar-refractivity contribution < 1.29 is 14.3 Å². The number of rotatable bonds is 2. The number of carbonyl (C=O) groups excluding carboxylic acids is 1. The van der Waals surface area contributed by atoms with Crippen molar-refractivity contribution in [1.82, 2.24) is 4.98 Å². The number of halogens is 1. The first kappa shape index (κ1) is 12.6. The Morgan fingerprint density at radius 3 is 2.67 bits per heavy atom. The first-order chi connectivity index (χ1) is 8.58. The van der Waals surface area contributed by atoms with E-state index in [-0.39, 0.29) is 5.69 Å². The summed E-state index contributed by atoms with van der Waals surface area (Å²) in [6.45, 7) is 1.92. The van der Waals surface area contributed by atoms with Gasteiger partial charge in [0.15, 0.2) is 5.69 Å². The molecular weight excluding hydrogens is 254 g/mol. The van der Waals surface area contributed by atoms with Crippen molar-refractivity contribution >= 4 is 28.5 Å². The molecule has 18 heavy (non-hydrogen) atoms. The second kappa shape index (κ2) is 4.82. The zero-order valence-electron chi connectivity index (χ0n) is 10.3. The lowest BCUT2D eigenvalue weighted by molar-refractivity contribution is 0.0594. The Balaban J connectivity index is 2.81. The van der Waals surface area contributed by atoms with E-state index < -0.39 is 5.97 Å². The molecule has 0 aliphatic carbocycles. The molecule has 0 saturated heterocycles. The molecule has 0 bridgehead atoms. The minimum absolute atomic E-state index is 0.166. The molecule has 0 atom stereocenters. The van der Waals surface area contributed by atoms with Crippen LogP contribution in [-0.2, 0) is 4.74 Å². The summed E-state index contributed by atoms with van der Waals surface area (Å²) in [5.74, 6) is 0.0469. The maximum absolute atomic E-state index is 11.5. The predicted molar refractivity (Wildman–Crippen MR) is 69.4 cm³/mol. The highest BCUT2D eigenvalue weighted by molar-refractivity contribution is 6.36. The molecule has 0 aliphatic heterocycles. The highest BCUT2D eigenvalue weighted by Gasteiger charge is 2.15. The van der Waals surface area contributed by atoms with Crippen LogP contribution in [0.4, 0.5) is 0 Å². The van der Waals surface area contributed by atoms with Crippen molar-refractivity contribution in [2.45, 2.75) is 6.92 Å². The second-order valence-electron chi connectivity index (χ2n) is 3.79. The summed E-state index contributed by atoms with van der Waals surface area (Å²) in [5.41, 5.74) is 1.70. The summed E-state index contributed by atoms with van der Waals surface area (Å²) >= 11 is 6.19. The number of aryl methyl sites for hydroxylation is 1. The van der Waals surface area contributed by atoms with E-state index in [9.17, 15) is 4.79 Å². The molecule has 0 aliphatic rings. The molecule has 0 fully saturated rings. The molecule has 1 aromatic heterocycles. The van der Waals surface area contributed by atoms with Crippen molar-refractivity contribution in [3.05, 3.63) is 34.5 Å². The zero-order valence-corrected chi connectivity index (χ0v) is 11.0. The molecule has 1 heterocycles. The number of pyridine rings is 1. The Morgan fingerprint density at radius 1 is 1.33 bits per heavy atom. The summed E-state index contributed by atoms with van der Waals surface area (Å²) in [4.78, 5) is 15.8. The van der Waals surface area contributed by atoms with Gasteiger partial charge in [-0.2, -0.15) is 0 Å². The summed E-state index contributed by atoms with van der Waals surface area (Å²) in [6.07, 6.45) is 0. The van der Waals surface area contributed by atoms with Crippen LogP contribution in [0, 0.1) is 6.92 Å². The summed E-state index contributed by atoms with van der Waals surface area (Å²) < 4.78 is 9.88. The Morgan fingerprint density at radius 2 is 2.06 bits per heavy atom. The van der Waals surface area contributed by atoms with Crippen LogP contribution >= 0.6 is 11.6 Å². The van der Waals surface area contributed by atoms with Crippen molar-refractivity contribution in [1.29, 1.82) is 0 Å². The Hall–Kier alpha value is -1.81. The van der Waals surface area contributed by atoms with Crippen LogP contribution < -0.4 is 4.74 Å². The molecule has 4 nitrogen and oxygen atoms in total. The van der Waals surface area contributed by atoms with Gasteiger partial charge in [0.25, 0.3) is 0 Å². The van der Waals surface area contributed by atoms with E-state index in [1.165, 1.54) is 13.2 Å². The van der Waals surface area contributed by atoms with Gasteiger partial charge in [-0.05, 0) is 24.6 Å². The number of methoxy groups -OCH3 is 2. The maximum atomic E-state index is 11.5. The number of fused-ring (bicyclic) bond motifs is 1. The van der Waals surface area contributed by atoms with Crippen molar-refractivity contribution in [3.8, 4) is 5.75 Å². The number of benzene rings is 1. The van der Waals surface area contributed by atoms with Gasteiger partial charge in [0.05, 0.1) is 19.2 Å². The third-order valence-corrected chi connectivity index (χ3v) is 3.00. The molecule has 0 radical (unpaired) electrons. The smallest absolute Gasteiger partial charge is 0.356 e. The topological polar surface area (TPSA) is 48.4 Å². The van der Waals surface area contributed by atoms with Crippen molar-refractivity contribution in [3.63, 3.8) is 0 Å². The average Bonchev–Trinajstić information content (AvgIpc) is 2.37. The van der Waals surface area contributed by atoms with Crippen LogP contribution in [0.15, 0.2) is 18.2 Å². The van der Waals surface area contributed by atoms with Gasteiger partial charge in [-0.25, -0.2) is 9.78 Å². The van der Waals surface area contributed by atoms with E-state index in [0.717, 1.165) is 10.9 Å². The monoisotopic (exact) mass is 265 g/mol. The van der Waals surface area contributed by atoms with Crippen LogP contribution in [0.5, 0.6) is 5.75 Å². The molecule has 0 amide bonds. The summed E-state index contributed by atoms with van der Waals surface area (Å²) in [6, 6.07) is 5.19. The van der Waals surface area contributed by atoms with Crippen molar-refractivity contribution in [2.24, 2.45) is 0 Å². The van der Waals surface area contributed by atoms with E-state index in [4.69, 9.17) is 16.3 Å². The number of ether oxygens (including phenoxy) is 2. The number of hydrogen-bond acceptors (Lipinski definition) is 4. The highest BCUT2D eigenvalue weighted by Crippen LogP contribution is 2.32. The van der Waals surface area contributed by atoms with Gasteiger partial charge < -0.3 is 9.47 Å². The third kappa shape index (κ3) is 1.99. The van der Waals surface area contributed by atoms with Gasteiger partial charge in [-0.15, -0.1) is 0 Å². The Bertz CT molecular complexity index is 625. The van der Waals surface area contributed by atoms with Gasteiger partial charge in [-0.3, -0.25) is 0 Å². The standard InChI is InChI=1S/C13H12ClNO3/c1-7-4-5-10(17-2)12-11(7)8(14)6-9(15-12)13(16)18-3/h4-6H,1-3H3. The number of nitrogens with zero attached hydrogens (tertiary/aromatic N) is 1. The van der Waals surface area contributed by atoms with Crippen LogP contribution in [0.3, 0.4) is 0 Å². The van der Waals surface area contributed by atoms with E-state index >= 15 is 0 Å². The number of hydrogen-bond donors (Lipinski definition) is 0. The molecule has 94 valence electrons. The van der Waals surface area contributed by atoms with Gasteiger partial charge >= 0.3 is 5.97 Å². The molecule has 2 aromatic rings. The first-order valence-corrected chi connectivity index (χ1v) is 5.68. The number of carbonyl (C=O) groups is 1. The average molecular weight is 266 g/mol. The molecule has 2 rings (SSSR count). The predicted octanol–water partition coefficient (Wildman–Crippen LogP) is 2.99. The van der Waals surface area contributed by atoms with Crippen LogP contribution in [0.2, 0.25) is 5.02 Å². The van der Waals surface area contributed by atoms with E-state index in [1.807, 2.05) is 13.0 Å². The van der Waals surface area contributed by atoms with Gasteiger partial charge in [-0.1, -0.05) is 17.7 Å². The fourth-order valence-corrected chi connectivity index (χ4v) is 2.15. The quantitative estimate of drug-likeness (QED) is 0.783. The lowest BCUT2D eigenvalue weighted by Gasteiger charge is -2.10. The number of esters is 1. The summed E-state index contributed by atoms with van der Waals surface area (Å²) in [7, 11) is 2.85. The van der Waals surface area contributed by atoms with Gasteiger partial charge in [0.1, 0.15) is 11.3 Å². The molecule has 0 spiro atoms. The van der Waals surface area contributed by atoms with E-state index in [1.54, 1.807) is 13.2 Å². The molecule has 0 saturated carbocycles. The largest absolute Gasteiger partial charge is 0.494 e. The van der Waals surface area contributed by atoms with E-state index in [2.05, 4.69) is 9.72 Å². The minimum atomic E-state index is -0.526. The van der Waals surface area contributed by atoms with E-state index in [0.29, 0.717) is 16.3 Å². The Kier molecular flexibility index (Phi) is 3.39. The number of aromatic nitrogens is 1.